The van der Waals surface area contributed by atoms with Crippen molar-refractivity contribution in [2.24, 2.45) is 34.5 Å². The molecule has 0 amide bonds. The minimum atomic E-state index is -0.0812. The Morgan fingerprint density at radius 2 is 1.96 bits per heavy atom. The van der Waals surface area contributed by atoms with Crippen LogP contribution in [0, 0.1) is 34.5 Å². The quantitative estimate of drug-likeness (QED) is 0.501. The van der Waals surface area contributed by atoms with Crippen molar-refractivity contribution in [2.45, 2.75) is 71.6 Å². The molecular formula is C24H32OS. The topological polar surface area (TPSA) is 17.1 Å². The molecule has 3 unspecified atom stereocenters. The predicted molar refractivity (Wildman–Crippen MR) is 109 cm³/mol. The van der Waals surface area contributed by atoms with Crippen LogP contribution >= 0.6 is 11.3 Å². The van der Waals surface area contributed by atoms with Gasteiger partial charge in [-0.05, 0) is 97.1 Å². The van der Waals surface area contributed by atoms with Gasteiger partial charge in [-0.25, -0.2) is 0 Å². The Kier molecular flexibility index (Phi) is 4.01. The molecule has 1 heterocycles. The largest absolute Gasteiger partial charge is 0.294 e. The van der Waals surface area contributed by atoms with Gasteiger partial charge in [0.05, 0.1) is 0 Å². The maximum Gasteiger partial charge on any atom is 0.165 e. The number of allylic oxidation sites excluding steroid dienone is 1. The summed E-state index contributed by atoms with van der Waals surface area (Å²) in [6.07, 6.45) is 14.2. The summed E-state index contributed by atoms with van der Waals surface area (Å²) in [5.41, 5.74) is 1.60. The molecule has 0 saturated heterocycles. The van der Waals surface area contributed by atoms with Crippen molar-refractivity contribution < 1.29 is 4.79 Å². The molecule has 140 valence electrons. The van der Waals surface area contributed by atoms with E-state index >= 15 is 0 Å². The van der Waals surface area contributed by atoms with Crippen LogP contribution in [-0.2, 0) is 4.79 Å². The van der Waals surface area contributed by atoms with Crippen LogP contribution in [0.25, 0.3) is 6.08 Å². The van der Waals surface area contributed by atoms with E-state index in [4.69, 9.17) is 0 Å². The second-order valence-electron chi connectivity index (χ2n) is 10.1. The average Bonchev–Trinajstić information content (AvgIpc) is 3.23. The number of Topliss-reactive ketones (excluding diaryl/α,β-unsaturated/α-hetero) is 1. The Bertz CT molecular complexity index is 731. The lowest BCUT2D eigenvalue weighted by molar-refractivity contribution is -0.137. The van der Waals surface area contributed by atoms with Crippen molar-refractivity contribution in [3.8, 4) is 0 Å². The van der Waals surface area contributed by atoms with Gasteiger partial charge in [0.15, 0.2) is 5.78 Å². The van der Waals surface area contributed by atoms with Gasteiger partial charge in [0.25, 0.3) is 0 Å². The number of fused-ring (bicyclic) bond motifs is 5. The van der Waals surface area contributed by atoms with Crippen LogP contribution < -0.4 is 0 Å². The Morgan fingerprint density at radius 1 is 1.08 bits per heavy atom. The van der Waals surface area contributed by atoms with E-state index in [0.717, 1.165) is 36.2 Å². The van der Waals surface area contributed by atoms with Crippen LogP contribution in [0.5, 0.6) is 0 Å². The number of hydrogen-bond acceptors (Lipinski definition) is 2. The van der Waals surface area contributed by atoms with Crippen molar-refractivity contribution in [1.82, 2.24) is 0 Å². The first kappa shape index (κ1) is 17.2. The number of carbonyl (C=O) groups is 1. The lowest BCUT2D eigenvalue weighted by Crippen LogP contribution is -2.52. The van der Waals surface area contributed by atoms with E-state index in [2.05, 4.69) is 37.4 Å². The second-order valence-corrected chi connectivity index (χ2v) is 11.1. The molecular weight excluding hydrogens is 336 g/mol. The van der Waals surface area contributed by atoms with Crippen LogP contribution in [0.15, 0.2) is 23.1 Å². The molecule has 5 rings (SSSR count). The fourth-order valence-electron chi connectivity index (χ4n) is 7.64. The first-order chi connectivity index (χ1) is 12.5. The first-order valence-corrected chi connectivity index (χ1v) is 11.7. The van der Waals surface area contributed by atoms with E-state index in [1.807, 2.05) is 0 Å². The van der Waals surface area contributed by atoms with Gasteiger partial charge in [0.1, 0.15) is 0 Å². The van der Waals surface area contributed by atoms with Gasteiger partial charge >= 0.3 is 0 Å². The standard InChI is InChI=1S/C24H32OS/c1-23-11-4-3-6-17(23)8-9-19-20(23)10-12-24(2)21(19)15-16(22(24)25)14-18-7-5-13-26-18/h5,7,13-14,17,19-21H,3-4,6,8-12,15H2,1-2H3/b16-14+/t17-,19?,20?,21?,23+,24+/m1/s1. The first-order valence-electron chi connectivity index (χ1n) is 10.8. The summed E-state index contributed by atoms with van der Waals surface area (Å²) in [6.45, 7) is 4.93. The Balaban J connectivity index is 1.47. The highest BCUT2D eigenvalue weighted by Gasteiger charge is 2.60. The second kappa shape index (κ2) is 6.06. The average molecular weight is 369 g/mol. The molecule has 1 nitrogen and oxygen atoms in total. The third kappa shape index (κ3) is 2.37. The molecule has 26 heavy (non-hydrogen) atoms. The monoisotopic (exact) mass is 368 g/mol. The van der Waals surface area contributed by atoms with Gasteiger partial charge in [-0.2, -0.15) is 0 Å². The minimum Gasteiger partial charge on any atom is -0.294 e. The number of carbonyl (C=O) groups excluding carboxylic acids is 1. The van der Waals surface area contributed by atoms with E-state index < -0.39 is 0 Å². The fourth-order valence-corrected chi connectivity index (χ4v) is 8.32. The summed E-state index contributed by atoms with van der Waals surface area (Å²) in [6, 6.07) is 4.23. The van der Waals surface area contributed by atoms with E-state index in [9.17, 15) is 4.79 Å². The van der Waals surface area contributed by atoms with Crippen molar-refractivity contribution in [1.29, 1.82) is 0 Å². The number of ketones is 1. The summed E-state index contributed by atoms with van der Waals surface area (Å²) >= 11 is 1.75. The molecule has 4 aliphatic rings. The molecule has 4 aliphatic carbocycles. The van der Waals surface area contributed by atoms with Crippen molar-refractivity contribution in [3.05, 3.63) is 28.0 Å². The summed E-state index contributed by atoms with van der Waals surface area (Å²) < 4.78 is 0. The Hall–Kier alpha value is -0.890. The number of rotatable bonds is 1. The van der Waals surface area contributed by atoms with Crippen molar-refractivity contribution >= 4 is 23.2 Å². The lowest BCUT2D eigenvalue weighted by atomic mass is 9.45. The lowest BCUT2D eigenvalue weighted by Gasteiger charge is -2.59. The summed E-state index contributed by atoms with van der Waals surface area (Å²) in [5, 5.41) is 2.11. The Morgan fingerprint density at radius 3 is 2.77 bits per heavy atom. The molecule has 0 radical (unpaired) electrons. The van der Waals surface area contributed by atoms with Gasteiger partial charge in [-0.1, -0.05) is 32.8 Å². The fraction of sp³-hybridized carbons (Fsp3) is 0.708. The van der Waals surface area contributed by atoms with E-state index in [0.29, 0.717) is 17.1 Å². The van der Waals surface area contributed by atoms with E-state index in [1.54, 1.807) is 11.3 Å². The molecule has 1 aromatic rings. The highest BCUT2D eigenvalue weighted by Crippen LogP contribution is 2.66. The summed E-state index contributed by atoms with van der Waals surface area (Å²) in [4.78, 5) is 14.6. The SMILES string of the molecule is C[C@]12CCC3C(CC[C@H]4CCCC[C@]34C)C1C/C(=C\c1cccs1)C2=O. The third-order valence-corrected chi connectivity index (χ3v) is 9.90. The summed E-state index contributed by atoms with van der Waals surface area (Å²) in [5.74, 6) is 3.69. The smallest absolute Gasteiger partial charge is 0.165 e. The molecule has 0 N–H and O–H groups in total. The zero-order valence-corrected chi connectivity index (χ0v) is 17.1. The molecule has 1 aromatic heterocycles. The highest BCUT2D eigenvalue weighted by molar-refractivity contribution is 7.10. The molecule has 0 aromatic carbocycles. The van der Waals surface area contributed by atoms with Gasteiger partial charge in [-0.3, -0.25) is 4.79 Å². The molecule has 2 heteroatoms. The van der Waals surface area contributed by atoms with Gasteiger partial charge in [-0.15, -0.1) is 11.3 Å². The van der Waals surface area contributed by atoms with Crippen LogP contribution in [0.3, 0.4) is 0 Å². The molecule has 4 saturated carbocycles. The maximum atomic E-state index is 13.4. The number of hydrogen-bond donors (Lipinski definition) is 0. The zero-order valence-electron chi connectivity index (χ0n) is 16.3. The maximum absolute atomic E-state index is 13.4. The predicted octanol–water partition coefficient (Wildman–Crippen LogP) is 6.74. The van der Waals surface area contributed by atoms with Crippen molar-refractivity contribution in [3.63, 3.8) is 0 Å². The number of thiophene rings is 1. The van der Waals surface area contributed by atoms with Gasteiger partial charge in [0, 0.05) is 10.3 Å². The molecule has 0 bridgehead atoms. The highest BCUT2D eigenvalue weighted by atomic mass is 32.1. The zero-order chi connectivity index (χ0) is 17.9. The van der Waals surface area contributed by atoms with Crippen LogP contribution in [0.2, 0.25) is 0 Å². The van der Waals surface area contributed by atoms with Crippen LogP contribution in [0.1, 0.15) is 76.5 Å². The Labute approximate surface area is 162 Å². The van der Waals surface area contributed by atoms with Crippen molar-refractivity contribution in [2.75, 3.05) is 0 Å². The van der Waals surface area contributed by atoms with Gasteiger partial charge in [0.2, 0.25) is 0 Å². The molecule has 6 atom stereocenters. The minimum absolute atomic E-state index is 0.0812. The van der Waals surface area contributed by atoms with Gasteiger partial charge < -0.3 is 0 Å². The molecule has 0 aliphatic heterocycles. The van der Waals surface area contributed by atoms with Crippen LogP contribution in [-0.4, -0.2) is 5.78 Å². The molecule has 4 fully saturated rings. The summed E-state index contributed by atoms with van der Waals surface area (Å²) in [7, 11) is 0. The molecule has 0 spiro atoms. The van der Waals surface area contributed by atoms with Crippen LogP contribution in [0.4, 0.5) is 0 Å². The van der Waals surface area contributed by atoms with E-state index in [1.165, 1.54) is 49.8 Å². The normalized spacial score (nSPS) is 46.7. The van der Waals surface area contributed by atoms with E-state index in [-0.39, 0.29) is 5.41 Å². The third-order valence-electron chi connectivity index (χ3n) is 9.08.